The molecule has 128 valence electrons. The largest absolute Gasteiger partial charge is 0.388 e. The normalized spacial score (nSPS) is 12.8. The van der Waals surface area contributed by atoms with Crippen LogP contribution in [0, 0.1) is 11.6 Å². The molecular weight excluding hydrogens is 378 g/mol. The Bertz CT molecular complexity index is 697. The standard InChI is InChI=1S/C18H19BrF2N2O/c1-12(24)18(22-2)11-23(14-8-6-13(19)7-9-14)10-15-16(20)4-3-5-17(15)21/h3-9,11-12,22,24H,10H2,1-2H3/b18-11-. The van der Waals surface area contributed by atoms with Gasteiger partial charge in [0.15, 0.2) is 0 Å². The molecule has 0 saturated heterocycles. The van der Waals surface area contributed by atoms with Crippen LogP contribution in [0.15, 0.2) is 58.8 Å². The summed E-state index contributed by atoms with van der Waals surface area (Å²) in [5.74, 6) is -1.21. The zero-order valence-electron chi connectivity index (χ0n) is 13.4. The van der Waals surface area contributed by atoms with Crippen LogP contribution in [-0.2, 0) is 6.54 Å². The summed E-state index contributed by atoms with van der Waals surface area (Å²) in [5.41, 5.74) is 1.25. The second-order valence-electron chi connectivity index (χ2n) is 5.31. The third-order valence-corrected chi connectivity index (χ3v) is 4.11. The molecule has 24 heavy (non-hydrogen) atoms. The Kier molecular flexibility index (Phi) is 6.34. The first-order chi connectivity index (χ1) is 11.4. The number of benzene rings is 2. The molecule has 0 aliphatic heterocycles. The third-order valence-electron chi connectivity index (χ3n) is 3.58. The molecule has 0 aromatic heterocycles. The number of hydrogen-bond donors (Lipinski definition) is 2. The fourth-order valence-corrected chi connectivity index (χ4v) is 2.51. The molecule has 0 radical (unpaired) electrons. The monoisotopic (exact) mass is 396 g/mol. The van der Waals surface area contributed by atoms with Crippen molar-refractivity contribution >= 4 is 21.6 Å². The molecule has 0 fully saturated rings. The van der Waals surface area contributed by atoms with Gasteiger partial charge < -0.3 is 15.3 Å². The van der Waals surface area contributed by atoms with Gasteiger partial charge in [0.05, 0.1) is 18.3 Å². The van der Waals surface area contributed by atoms with Crippen molar-refractivity contribution in [3.8, 4) is 0 Å². The van der Waals surface area contributed by atoms with Gasteiger partial charge in [0.25, 0.3) is 0 Å². The Hall–Kier alpha value is -1.92. The number of anilines is 1. The molecule has 0 heterocycles. The molecular formula is C18H19BrF2N2O. The molecule has 0 spiro atoms. The van der Waals surface area contributed by atoms with Crippen molar-refractivity contribution < 1.29 is 13.9 Å². The molecule has 1 unspecified atom stereocenters. The number of likely N-dealkylation sites (N-methyl/N-ethyl adjacent to an activating group) is 1. The highest BCUT2D eigenvalue weighted by molar-refractivity contribution is 9.10. The average molecular weight is 397 g/mol. The fourth-order valence-electron chi connectivity index (χ4n) is 2.25. The van der Waals surface area contributed by atoms with Crippen LogP contribution >= 0.6 is 15.9 Å². The van der Waals surface area contributed by atoms with Crippen LogP contribution in [0.5, 0.6) is 0 Å². The van der Waals surface area contributed by atoms with Gasteiger partial charge in [-0.05, 0) is 43.3 Å². The Morgan fingerprint density at radius 2 is 1.79 bits per heavy atom. The van der Waals surface area contributed by atoms with E-state index >= 15 is 0 Å². The van der Waals surface area contributed by atoms with E-state index in [1.54, 1.807) is 25.1 Å². The van der Waals surface area contributed by atoms with Crippen LogP contribution in [0.4, 0.5) is 14.5 Å². The number of aliphatic hydroxyl groups excluding tert-OH is 1. The van der Waals surface area contributed by atoms with Gasteiger partial charge in [-0.3, -0.25) is 0 Å². The number of nitrogens with zero attached hydrogens (tertiary/aromatic N) is 1. The van der Waals surface area contributed by atoms with Crippen molar-refractivity contribution in [1.29, 1.82) is 0 Å². The molecule has 0 amide bonds. The van der Waals surface area contributed by atoms with Gasteiger partial charge in [0.2, 0.25) is 0 Å². The quantitative estimate of drug-likeness (QED) is 0.768. The molecule has 6 heteroatoms. The van der Waals surface area contributed by atoms with E-state index in [0.29, 0.717) is 5.70 Å². The Labute approximate surface area is 148 Å². The summed E-state index contributed by atoms with van der Waals surface area (Å²) in [7, 11) is 1.68. The van der Waals surface area contributed by atoms with E-state index in [-0.39, 0.29) is 12.1 Å². The van der Waals surface area contributed by atoms with Crippen molar-refractivity contribution in [3.63, 3.8) is 0 Å². The molecule has 0 aliphatic rings. The van der Waals surface area contributed by atoms with Crippen molar-refractivity contribution in [3.05, 3.63) is 76.0 Å². The lowest BCUT2D eigenvalue weighted by Gasteiger charge is -2.24. The highest BCUT2D eigenvalue weighted by Crippen LogP contribution is 2.24. The topological polar surface area (TPSA) is 35.5 Å². The summed E-state index contributed by atoms with van der Waals surface area (Å²) in [6.45, 7) is 1.61. The predicted molar refractivity (Wildman–Crippen MR) is 95.5 cm³/mol. The van der Waals surface area contributed by atoms with E-state index < -0.39 is 17.7 Å². The van der Waals surface area contributed by atoms with E-state index in [2.05, 4.69) is 21.2 Å². The molecule has 2 aromatic rings. The Morgan fingerprint density at radius 3 is 2.29 bits per heavy atom. The minimum atomic E-state index is -0.738. The first-order valence-electron chi connectivity index (χ1n) is 7.45. The minimum absolute atomic E-state index is 0.00195. The number of hydrogen-bond acceptors (Lipinski definition) is 3. The Balaban J connectivity index is 2.44. The summed E-state index contributed by atoms with van der Waals surface area (Å²) < 4.78 is 28.9. The lowest BCUT2D eigenvalue weighted by molar-refractivity contribution is 0.223. The molecule has 0 aliphatic carbocycles. The zero-order chi connectivity index (χ0) is 17.7. The highest BCUT2D eigenvalue weighted by Gasteiger charge is 2.15. The van der Waals surface area contributed by atoms with Crippen LogP contribution in [0.25, 0.3) is 0 Å². The first kappa shape index (κ1) is 18.4. The van der Waals surface area contributed by atoms with Gasteiger partial charge in [-0.2, -0.15) is 0 Å². The van der Waals surface area contributed by atoms with Crippen molar-refractivity contribution in [1.82, 2.24) is 5.32 Å². The van der Waals surface area contributed by atoms with E-state index in [1.165, 1.54) is 18.2 Å². The number of nitrogens with one attached hydrogen (secondary N) is 1. The number of halogens is 3. The summed E-state index contributed by atoms with van der Waals surface area (Å²) in [5, 5.41) is 12.7. The van der Waals surface area contributed by atoms with Gasteiger partial charge in [-0.25, -0.2) is 8.78 Å². The summed E-state index contributed by atoms with van der Waals surface area (Å²) in [6, 6.07) is 11.1. The van der Waals surface area contributed by atoms with Crippen LogP contribution < -0.4 is 10.2 Å². The van der Waals surface area contributed by atoms with Gasteiger partial charge in [0.1, 0.15) is 11.6 Å². The third kappa shape index (κ3) is 4.55. The van der Waals surface area contributed by atoms with Gasteiger partial charge in [-0.1, -0.05) is 22.0 Å². The SMILES string of the molecule is CN/C(=C\N(Cc1c(F)cccc1F)c1ccc(Br)cc1)C(C)O. The maximum atomic E-state index is 14.0. The van der Waals surface area contributed by atoms with Crippen molar-refractivity contribution in [2.24, 2.45) is 0 Å². The number of rotatable bonds is 6. The molecule has 0 bridgehead atoms. The lowest BCUT2D eigenvalue weighted by atomic mass is 10.1. The predicted octanol–water partition coefficient (Wildman–Crippen LogP) is 4.18. The van der Waals surface area contributed by atoms with E-state index in [0.717, 1.165) is 10.2 Å². The van der Waals surface area contributed by atoms with Crippen molar-refractivity contribution in [2.45, 2.75) is 19.6 Å². The van der Waals surface area contributed by atoms with Gasteiger partial charge in [0, 0.05) is 29.0 Å². The number of aliphatic hydroxyl groups is 1. The van der Waals surface area contributed by atoms with Crippen molar-refractivity contribution in [2.75, 3.05) is 11.9 Å². The van der Waals surface area contributed by atoms with Crippen LogP contribution in [-0.4, -0.2) is 18.3 Å². The molecule has 2 N–H and O–H groups in total. The molecule has 0 saturated carbocycles. The second kappa shape index (κ2) is 8.26. The first-order valence-corrected chi connectivity index (χ1v) is 8.24. The molecule has 1 atom stereocenters. The molecule has 3 nitrogen and oxygen atoms in total. The lowest BCUT2D eigenvalue weighted by Crippen LogP contribution is -2.25. The fraction of sp³-hybridized carbons (Fsp3) is 0.222. The molecule has 2 rings (SSSR count). The average Bonchev–Trinajstić information content (AvgIpc) is 2.54. The maximum absolute atomic E-state index is 14.0. The smallest absolute Gasteiger partial charge is 0.131 e. The maximum Gasteiger partial charge on any atom is 0.131 e. The second-order valence-corrected chi connectivity index (χ2v) is 6.23. The highest BCUT2D eigenvalue weighted by atomic mass is 79.9. The summed E-state index contributed by atoms with van der Waals surface area (Å²) in [4.78, 5) is 1.69. The van der Waals surface area contributed by atoms with Crippen LogP contribution in [0.2, 0.25) is 0 Å². The summed E-state index contributed by atoms with van der Waals surface area (Å²) >= 11 is 3.37. The zero-order valence-corrected chi connectivity index (χ0v) is 15.0. The molecule has 2 aromatic carbocycles. The van der Waals surface area contributed by atoms with Gasteiger partial charge in [-0.15, -0.1) is 0 Å². The summed E-state index contributed by atoms with van der Waals surface area (Å²) in [6.07, 6.45) is 0.915. The van der Waals surface area contributed by atoms with Crippen LogP contribution in [0.1, 0.15) is 12.5 Å². The van der Waals surface area contributed by atoms with E-state index in [9.17, 15) is 13.9 Å². The van der Waals surface area contributed by atoms with E-state index in [1.807, 2.05) is 24.3 Å². The van der Waals surface area contributed by atoms with Gasteiger partial charge >= 0.3 is 0 Å². The van der Waals surface area contributed by atoms with Crippen LogP contribution in [0.3, 0.4) is 0 Å². The Morgan fingerprint density at radius 1 is 1.21 bits per heavy atom. The van der Waals surface area contributed by atoms with E-state index in [4.69, 9.17) is 0 Å². The minimum Gasteiger partial charge on any atom is -0.388 e.